The van der Waals surface area contributed by atoms with Crippen LogP contribution >= 0.6 is 0 Å². The molecular formula is C21H33NOSi. The highest BCUT2D eigenvalue weighted by Gasteiger charge is 2.13. The predicted molar refractivity (Wildman–Crippen MR) is 108 cm³/mol. The van der Waals surface area contributed by atoms with E-state index >= 15 is 0 Å². The molecule has 1 fully saturated rings. The fraction of sp³-hybridized carbons (Fsp3) is 0.571. The van der Waals surface area contributed by atoms with Crippen molar-refractivity contribution in [3.63, 3.8) is 0 Å². The Morgan fingerprint density at radius 3 is 2.50 bits per heavy atom. The molecule has 1 unspecified atom stereocenters. The van der Waals surface area contributed by atoms with Crippen molar-refractivity contribution >= 4 is 13.8 Å². The van der Waals surface area contributed by atoms with Gasteiger partial charge in [0, 0.05) is 12.3 Å². The standard InChI is InChI=1S/C21H33NOSi/c1-24(2,3)17-9-14-21(22-20-12-7-8-13-20)15-16-23-18-19-10-5-4-6-11-19/h4-6,9-11,17,21H,7-8,12-16,18H2,1-3H3/b17-9-. The highest BCUT2D eigenvalue weighted by molar-refractivity contribution is 6.80. The maximum Gasteiger partial charge on any atom is 0.0716 e. The molecule has 1 aliphatic rings. The molecule has 0 aromatic heterocycles. The molecule has 132 valence electrons. The molecule has 1 aliphatic carbocycles. The summed E-state index contributed by atoms with van der Waals surface area (Å²) >= 11 is 0. The second-order valence-electron chi connectivity index (χ2n) is 7.89. The zero-order valence-corrected chi connectivity index (χ0v) is 16.6. The smallest absolute Gasteiger partial charge is 0.0716 e. The summed E-state index contributed by atoms with van der Waals surface area (Å²) in [5, 5.41) is 0. The van der Waals surface area contributed by atoms with E-state index in [0.29, 0.717) is 12.6 Å². The minimum atomic E-state index is -1.11. The number of ether oxygens (including phenoxy) is 1. The van der Waals surface area contributed by atoms with Crippen molar-refractivity contribution in [1.29, 1.82) is 0 Å². The molecule has 0 radical (unpaired) electrons. The molecule has 0 saturated heterocycles. The summed E-state index contributed by atoms with van der Waals surface area (Å²) in [6.45, 7) is 8.63. The minimum Gasteiger partial charge on any atom is -0.377 e. The molecule has 0 amide bonds. The molecule has 1 atom stereocenters. The summed E-state index contributed by atoms with van der Waals surface area (Å²) in [7, 11) is -1.11. The SMILES string of the molecule is C[Si](C)(C)/C=C\CC(CCOCc1ccccc1)N=C1CCCC1. The van der Waals surface area contributed by atoms with Crippen molar-refractivity contribution < 1.29 is 4.74 Å². The van der Waals surface area contributed by atoms with Crippen LogP contribution in [0.25, 0.3) is 0 Å². The fourth-order valence-corrected chi connectivity index (χ4v) is 3.81. The Labute approximate surface area is 149 Å². The molecule has 0 spiro atoms. The molecule has 24 heavy (non-hydrogen) atoms. The van der Waals surface area contributed by atoms with Gasteiger partial charge in [0.15, 0.2) is 0 Å². The molecule has 0 heterocycles. The van der Waals surface area contributed by atoms with Crippen LogP contribution in [0.5, 0.6) is 0 Å². The van der Waals surface area contributed by atoms with E-state index in [1.165, 1.54) is 37.0 Å². The molecule has 1 saturated carbocycles. The maximum absolute atomic E-state index is 5.88. The van der Waals surface area contributed by atoms with E-state index in [0.717, 1.165) is 19.4 Å². The number of benzene rings is 1. The van der Waals surface area contributed by atoms with E-state index in [9.17, 15) is 0 Å². The summed E-state index contributed by atoms with van der Waals surface area (Å²) in [6.07, 6.45) is 9.50. The lowest BCUT2D eigenvalue weighted by Gasteiger charge is -2.14. The molecule has 1 aromatic carbocycles. The monoisotopic (exact) mass is 343 g/mol. The van der Waals surface area contributed by atoms with Crippen LogP contribution in [0, 0.1) is 0 Å². The van der Waals surface area contributed by atoms with Crippen LogP contribution in [-0.4, -0.2) is 26.4 Å². The van der Waals surface area contributed by atoms with Gasteiger partial charge in [-0.2, -0.15) is 0 Å². The van der Waals surface area contributed by atoms with Gasteiger partial charge in [-0.05, 0) is 44.1 Å². The first kappa shape index (κ1) is 19.1. The van der Waals surface area contributed by atoms with Crippen LogP contribution in [0.15, 0.2) is 47.1 Å². The van der Waals surface area contributed by atoms with E-state index in [4.69, 9.17) is 9.73 Å². The molecular weight excluding hydrogens is 310 g/mol. The number of nitrogens with zero attached hydrogens (tertiary/aromatic N) is 1. The van der Waals surface area contributed by atoms with Crippen LogP contribution in [0.4, 0.5) is 0 Å². The lowest BCUT2D eigenvalue weighted by atomic mass is 10.1. The molecule has 2 nitrogen and oxygen atoms in total. The number of aliphatic imine (C=N–C) groups is 1. The average Bonchev–Trinajstić information content (AvgIpc) is 3.04. The number of hydrogen-bond acceptors (Lipinski definition) is 2. The van der Waals surface area contributed by atoms with Gasteiger partial charge in [0.25, 0.3) is 0 Å². The van der Waals surface area contributed by atoms with Crippen molar-refractivity contribution in [3.8, 4) is 0 Å². The predicted octanol–water partition coefficient (Wildman–Crippen LogP) is 5.80. The Balaban J connectivity index is 1.81. The van der Waals surface area contributed by atoms with Gasteiger partial charge >= 0.3 is 0 Å². The Bertz CT molecular complexity index is 523. The molecule has 1 aromatic rings. The van der Waals surface area contributed by atoms with Gasteiger partial charge in [0.05, 0.1) is 20.7 Å². The Morgan fingerprint density at radius 2 is 1.83 bits per heavy atom. The minimum absolute atomic E-state index is 0.390. The first-order valence-corrected chi connectivity index (χ1v) is 13.0. The van der Waals surface area contributed by atoms with E-state index in [1.807, 2.05) is 6.07 Å². The second kappa shape index (κ2) is 9.95. The van der Waals surface area contributed by atoms with Crippen molar-refractivity contribution in [1.82, 2.24) is 0 Å². The largest absolute Gasteiger partial charge is 0.377 e. The van der Waals surface area contributed by atoms with Gasteiger partial charge in [-0.15, -0.1) is 0 Å². The molecule has 3 heteroatoms. The molecule has 0 N–H and O–H groups in total. The molecule has 2 rings (SSSR count). The van der Waals surface area contributed by atoms with Gasteiger partial charge in [-0.1, -0.05) is 61.7 Å². The second-order valence-corrected chi connectivity index (χ2v) is 13.0. The van der Waals surface area contributed by atoms with Crippen LogP contribution < -0.4 is 0 Å². The van der Waals surface area contributed by atoms with Gasteiger partial charge in [-0.25, -0.2) is 0 Å². The topological polar surface area (TPSA) is 21.6 Å². The Morgan fingerprint density at radius 1 is 1.12 bits per heavy atom. The molecule has 0 bridgehead atoms. The quantitative estimate of drug-likeness (QED) is 0.410. The summed E-state index contributed by atoms with van der Waals surface area (Å²) < 4.78 is 5.88. The van der Waals surface area contributed by atoms with E-state index < -0.39 is 8.07 Å². The lowest BCUT2D eigenvalue weighted by Crippen LogP contribution is -2.16. The normalized spacial score (nSPS) is 16.7. The van der Waals surface area contributed by atoms with E-state index in [1.54, 1.807) is 0 Å². The van der Waals surface area contributed by atoms with Gasteiger partial charge in [0.1, 0.15) is 0 Å². The third kappa shape index (κ3) is 8.07. The zero-order chi connectivity index (χ0) is 17.3. The van der Waals surface area contributed by atoms with Crippen molar-refractivity contribution in [2.75, 3.05) is 6.61 Å². The average molecular weight is 344 g/mol. The zero-order valence-electron chi connectivity index (χ0n) is 15.6. The highest BCUT2D eigenvalue weighted by atomic mass is 28.3. The Hall–Kier alpha value is -1.19. The third-order valence-corrected chi connectivity index (χ3v) is 5.51. The summed E-state index contributed by atoms with van der Waals surface area (Å²) in [5.41, 5.74) is 5.12. The van der Waals surface area contributed by atoms with Crippen LogP contribution in [-0.2, 0) is 11.3 Å². The third-order valence-electron chi connectivity index (χ3n) is 4.28. The summed E-state index contributed by atoms with van der Waals surface area (Å²) in [5.74, 6) is 0. The first-order valence-electron chi connectivity index (χ1n) is 9.38. The number of rotatable bonds is 9. The van der Waals surface area contributed by atoms with Crippen LogP contribution in [0.3, 0.4) is 0 Å². The summed E-state index contributed by atoms with van der Waals surface area (Å²) in [4.78, 5) is 5.04. The highest BCUT2D eigenvalue weighted by Crippen LogP contribution is 2.18. The number of hydrogen-bond donors (Lipinski definition) is 0. The summed E-state index contributed by atoms with van der Waals surface area (Å²) in [6, 6.07) is 10.8. The van der Waals surface area contributed by atoms with Crippen LogP contribution in [0.1, 0.15) is 44.1 Å². The van der Waals surface area contributed by atoms with Gasteiger partial charge < -0.3 is 4.74 Å². The van der Waals surface area contributed by atoms with Gasteiger partial charge in [0.2, 0.25) is 0 Å². The molecule has 0 aliphatic heterocycles. The van der Waals surface area contributed by atoms with Crippen molar-refractivity contribution in [2.45, 2.75) is 70.8 Å². The van der Waals surface area contributed by atoms with Gasteiger partial charge in [-0.3, -0.25) is 4.99 Å². The fourth-order valence-electron chi connectivity index (χ4n) is 2.97. The van der Waals surface area contributed by atoms with Crippen molar-refractivity contribution in [3.05, 3.63) is 47.7 Å². The van der Waals surface area contributed by atoms with Crippen molar-refractivity contribution in [2.24, 2.45) is 4.99 Å². The van der Waals surface area contributed by atoms with Crippen LogP contribution in [0.2, 0.25) is 19.6 Å². The van der Waals surface area contributed by atoms with E-state index in [2.05, 4.69) is 55.7 Å². The maximum atomic E-state index is 5.88. The first-order chi connectivity index (χ1) is 11.5. The lowest BCUT2D eigenvalue weighted by molar-refractivity contribution is 0.114. The Kier molecular flexibility index (Phi) is 7.93. The van der Waals surface area contributed by atoms with E-state index in [-0.39, 0.29) is 0 Å².